The average Bonchev–Trinajstić information content (AvgIpc) is 3.34. The summed E-state index contributed by atoms with van der Waals surface area (Å²) in [6.45, 7) is 10.9. The predicted octanol–water partition coefficient (Wildman–Crippen LogP) is 4.22. The van der Waals surface area contributed by atoms with Gasteiger partial charge in [-0.15, -0.1) is 11.3 Å². The molecule has 0 atom stereocenters. The zero-order valence-corrected chi connectivity index (χ0v) is 18.4. The fraction of sp³-hybridized carbons (Fsp3) is 0.500. The molecule has 0 bridgehead atoms. The second kappa shape index (κ2) is 8.14. The van der Waals surface area contributed by atoms with Crippen LogP contribution in [0.3, 0.4) is 0 Å². The van der Waals surface area contributed by atoms with E-state index in [-0.39, 0.29) is 11.8 Å². The lowest BCUT2D eigenvalue weighted by atomic mass is 9.96. The summed E-state index contributed by atoms with van der Waals surface area (Å²) in [7, 11) is 0. The van der Waals surface area contributed by atoms with Crippen molar-refractivity contribution < 1.29 is 4.79 Å². The summed E-state index contributed by atoms with van der Waals surface area (Å²) in [4.78, 5) is 24.1. The molecule has 1 aromatic carbocycles. The van der Waals surface area contributed by atoms with Crippen LogP contribution in [0.25, 0.3) is 11.0 Å². The molecule has 154 valence electrons. The van der Waals surface area contributed by atoms with E-state index >= 15 is 0 Å². The number of benzene rings is 1. The van der Waals surface area contributed by atoms with Gasteiger partial charge in [-0.05, 0) is 63.8 Å². The molecule has 1 amide bonds. The Morgan fingerprint density at radius 3 is 2.62 bits per heavy atom. The van der Waals surface area contributed by atoms with E-state index in [1.54, 1.807) is 17.5 Å². The fourth-order valence-electron chi connectivity index (χ4n) is 4.06. The van der Waals surface area contributed by atoms with Crippen LogP contribution < -0.4 is 10.2 Å². The quantitative estimate of drug-likeness (QED) is 0.683. The van der Waals surface area contributed by atoms with Crippen LogP contribution in [0, 0.1) is 19.8 Å². The van der Waals surface area contributed by atoms with E-state index in [9.17, 15) is 4.79 Å². The lowest BCUT2D eigenvalue weighted by Gasteiger charge is -2.33. The first-order valence-corrected chi connectivity index (χ1v) is 11.2. The number of anilines is 1. The molecule has 7 heteroatoms. The smallest absolute Gasteiger partial charge is 0.223 e. The maximum atomic E-state index is 12.6. The minimum atomic E-state index is 0.0626. The Morgan fingerprint density at radius 1 is 1.24 bits per heavy atom. The summed E-state index contributed by atoms with van der Waals surface area (Å²) in [5.74, 6) is 1.23. The number of nitrogens with zero attached hydrogens (tertiary/aromatic N) is 4. The van der Waals surface area contributed by atoms with E-state index in [0.717, 1.165) is 42.4 Å². The summed E-state index contributed by atoms with van der Waals surface area (Å²) < 4.78 is 2.34. The molecule has 1 aliphatic rings. The standard InChI is InChI=1S/C22H29N5OS/c1-14(2)27-19-12-16(4)15(3)11-18(19)25-22(27)26-8-5-17(6-9-26)21(28)24-13-20-23-7-10-29-20/h7,10-12,14,17H,5-6,8-9,13H2,1-4H3,(H,24,28). The molecule has 0 spiro atoms. The van der Waals surface area contributed by atoms with Crippen molar-refractivity contribution in [3.8, 4) is 0 Å². The van der Waals surface area contributed by atoms with Crippen LogP contribution in [-0.2, 0) is 11.3 Å². The van der Waals surface area contributed by atoms with E-state index in [1.807, 2.05) is 5.38 Å². The Labute approximate surface area is 176 Å². The summed E-state index contributed by atoms with van der Waals surface area (Å²) in [5.41, 5.74) is 4.82. The van der Waals surface area contributed by atoms with Gasteiger partial charge in [0.1, 0.15) is 5.01 Å². The number of thiazole rings is 1. The number of hydrogen-bond acceptors (Lipinski definition) is 5. The van der Waals surface area contributed by atoms with Crippen LogP contribution >= 0.6 is 11.3 Å². The van der Waals surface area contributed by atoms with Crippen LogP contribution in [0.5, 0.6) is 0 Å². The van der Waals surface area contributed by atoms with Gasteiger partial charge in [0.15, 0.2) is 0 Å². The number of nitrogens with one attached hydrogen (secondary N) is 1. The molecule has 1 saturated heterocycles. The highest BCUT2D eigenvalue weighted by Crippen LogP contribution is 2.31. The minimum Gasteiger partial charge on any atom is -0.349 e. The van der Waals surface area contributed by atoms with Gasteiger partial charge in [-0.3, -0.25) is 4.79 Å². The number of hydrogen-bond donors (Lipinski definition) is 1. The number of aryl methyl sites for hydroxylation is 2. The van der Waals surface area contributed by atoms with Crippen molar-refractivity contribution in [2.45, 2.75) is 53.1 Å². The molecule has 0 aliphatic carbocycles. The van der Waals surface area contributed by atoms with E-state index < -0.39 is 0 Å². The molecule has 0 radical (unpaired) electrons. The number of imidazole rings is 1. The van der Waals surface area contributed by atoms with Gasteiger partial charge in [-0.25, -0.2) is 9.97 Å². The molecule has 0 saturated carbocycles. The maximum absolute atomic E-state index is 12.6. The van der Waals surface area contributed by atoms with Crippen molar-refractivity contribution >= 4 is 34.2 Å². The molecular weight excluding hydrogens is 382 g/mol. The van der Waals surface area contributed by atoms with Gasteiger partial charge in [-0.1, -0.05) is 0 Å². The third kappa shape index (κ3) is 4.01. The van der Waals surface area contributed by atoms with Crippen LogP contribution in [0.15, 0.2) is 23.7 Å². The monoisotopic (exact) mass is 411 g/mol. The van der Waals surface area contributed by atoms with E-state index in [1.165, 1.54) is 16.6 Å². The van der Waals surface area contributed by atoms with Gasteiger partial charge in [0.25, 0.3) is 0 Å². The summed E-state index contributed by atoms with van der Waals surface area (Å²) >= 11 is 1.57. The highest BCUT2D eigenvalue weighted by Gasteiger charge is 2.28. The van der Waals surface area contributed by atoms with Crippen molar-refractivity contribution in [1.82, 2.24) is 19.9 Å². The van der Waals surface area contributed by atoms with Crippen molar-refractivity contribution in [2.75, 3.05) is 18.0 Å². The Kier molecular flexibility index (Phi) is 5.58. The summed E-state index contributed by atoms with van der Waals surface area (Å²) in [6, 6.07) is 4.77. The highest BCUT2D eigenvalue weighted by atomic mass is 32.1. The Balaban J connectivity index is 1.47. The van der Waals surface area contributed by atoms with Crippen molar-refractivity contribution in [3.05, 3.63) is 39.8 Å². The van der Waals surface area contributed by atoms with Crippen LogP contribution in [0.1, 0.15) is 48.9 Å². The highest BCUT2D eigenvalue weighted by molar-refractivity contribution is 7.09. The van der Waals surface area contributed by atoms with Gasteiger partial charge in [-0.2, -0.15) is 0 Å². The average molecular weight is 412 g/mol. The fourth-order valence-corrected chi connectivity index (χ4v) is 4.61. The zero-order valence-electron chi connectivity index (χ0n) is 17.6. The van der Waals surface area contributed by atoms with E-state index in [2.05, 4.69) is 59.6 Å². The van der Waals surface area contributed by atoms with Crippen molar-refractivity contribution in [2.24, 2.45) is 5.92 Å². The maximum Gasteiger partial charge on any atom is 0.223 e. The first kappa shape index (κ1) is 19.9. The number of rotatable bonds is 5. The molecule has 3 heterocycles. The van der Waals surface area contributed by atoms with Crippen LogP contribution in [0.2, 0.25) is 0 Å². The number of piperidine rings is 1. The predicted molar refractivity (Wildman–Crippen MR) is 118 cm³/mol. The summed E-state index contributed by atoms with van der Waals surface area (Å²) in [6.07, 6.45) is 3.47. The number of aromatic nitrogens is 3. The molecule has 3 aromatic rings. The molecular formula is C22H29N5OS. The largest absolute Gasteiger partial charge is 0.349 e. The lowest BCUT2D eigenvalue weighted by molar-refractivity contribution is -0.125. The Morgan fingerprint density at radius 2 is 1.97 bits per heavy atom. The molecule has 4 rings (SSSR count). The van der Waals surface area contributed by atoms with Gasteiger partial charge in [0.05, 0.1) is 17.6 Å². The second-order valence-electron chi connectivity index (χ2n) is 8.21. The molecule has 1 aliphatic heterocycles. The minimum absolute atomic E-state index is 0.0626. The van der Waals surface area contributed by atoms with Gasteiger partial charge < -0.3 is 14.8 Å². The molecule has 29 heavy (non-hydrogen) atoms. The molecule has 1 N–H and O–H groups in total. The second-order valence-corrected chi connectivity index (χ2v) is 9.18. The van der Waals surface area contributed by atoms with Gasteiger partial charge in [0, 0.05) is 36.6 Å². The zero-order chi connectivity index (χ0) is 20.5. The Hall–Kier alpha value is -2.41. The molecule has 2 aromatic heterocycles. The molecule has 6 nitrogen and oxygen atoms in total. The van der Waals surface area contributed by atoms with Gasteiger partial charge in [0.2, 0.25) is 11.9 Å². The SMILES string of the molecule is Cc1cc2nc(N3CCC(C(=O)NCc4nccs4)CC3)n(C(C)C)c2cc1C. The first-order chi connectivity index (χ1) is 13.9. The van der Waals surface area contributed by atoms with Crippen molar-refractivity contribution in [3.63, 3.8) is 0 Å². The normalized spacial score (nSPS) is 15.4. The number of carbonyl (C=O) groups is 1. The van der Waals surface area contributed by atoms with E-state index in [0.29, 0.717) is 12.6 Å². The molecule has 0 unspecified atom stereocenters. The van der Waals surface area contributed by atoms with Crippen molar-refractivity contribution in [1.29, 1.82) is 0 Å². The van der Waals surface area contributed by atoms with Gasteiger partial charge >= 0.3 is 0 Å². The van der Waals surface area contributed by atoms with Crippen LogP contribution in [0.4, 0.5) is 5.95 Å². The Bertz CT molecular complexity index is 1000. The van der Waals surface area contributed by atoms with E-state index in [4.69, 9.17) is 4.98 Å². The first-order valence-electron chi connectivity index (χ1n) is 10.3. The summed E-state index contributed by atoms with van der Waals surface area (Å²) in [5, 5.41) is 5.93. The lowest BCUT2D eigenvalue weighted by Crippen LogP contribution is -2.41. The topological polar surface area (TPSA) is 63.1 Å². The van der Waals surface area contributed by atoms with Crippen LogP contribution in [-0.4, -0.2) is 33.5 Å². The number of carbonyl (C=O) groups excluding carboxylic acids is 1. The number of amides is 1. The third-order valence-corrected chi connectivity index (χ3v) is 6.63. The number of fused-ring (bicyclic) bond motifs is 1. The third-order valence-electron chi connectivity index (χ3n) is 5.85. The molecule has 1 fully saturated rings.